The van der Waals surface area contributed by atoms with Crippen molar-refractivity contribution < 1.29 is 0 Å². The van der Waals surface area contributed by atoms with Crippen molar-refractivity contribution in [3.05, 3.63) is 53.5 Å². The molecule has 0 saturated carbocycles. The maximum Gasteiger partial charge on any atom is 0.0157 e. The third-order valence-electron chi connectivity index (χ3n) is 2.83. The van der Waals surface area contributed by atoms with Crippen LogP contribution in [0.15, 0.2) is 52.8 Å². The molecule has 1 heteroatoms. The SMILES string of the molecule is C=C1C=CSc2ccccc2C1(C)C. The second-order valence-electron chi connectivity index (χ2n) is 4.07. The van der Waals surface area contributed by atoms with E-state index in [0.717, 1.165) is 0 Å². The maximum atomic E-state index is 4.13. The van der Waals surface area contributed by atoms with Gasteiger partial charge in [-0.25, -0.2) is 0 Å². The van der Waals surface area contributed by atoms with E-state index < -0.39 is 0 Å². The molecular formula is C13H14S. The molecule has 0 N–H and O–H groups in total. The molecule has 2 rings (SSSR count). The minimum absolute atomic E-state index is 0.0522. The van der Waals surface area contributed by atoms with Crippen LogP contribution < -0.4 is 0 Å². The molecule has 0 spiro atoms. The monoisotopic (exact) mass is 202 g/mol. The van der Waals surface area contributed by atoms with E-state index in [0.29, 0.717) is 0 Å². The summed E-state index contributed by atoms with van der Waals surface area (Å²) >= 11 is 1.77. The summed E-state index contributed by atoms with van der Waals surface area (Å²) in [5, 5.41) is 2.12. The molecule has 0 radical (unpaired) electrons. The van der Waals surface area contributed by atoms with Gasteiger partial charge in [-0.1, -0.05) is 56.5 Å². The van der Waals surface area contributed by atoms with Crippen LogP contribution in [-0.4, -0.2) is 0 Å². The maximum absolute atomic E-state index is 4.13. The van der Waals surface area contributed by atoms with Crippen molar-refractivity contribution in [2.75, 3.05) is 0 Å². The van der Waals surface area contributed by atoms with Crippen LogP contribution >= 0.6 is 11.8 Å². The zero-order valence-electron chi connectivity index (χ0n) is 8.58. The van der Waals surface area contributed by atoms with Crippen LogP contribution in [-0.2, 0) is 5.41 Å². The van der Waals surface area contributed by atoms with Crippen LogP contribution in [0, 0.1) is 0 Å². The summed E-state index contributed by atoms with van der Waals surface area (Å²) in [5.74, 6) is 0. The third-order valence-corrected chi connectivity index (χ3v) is 3.71. The highest BCUT2D eigenvalue weighted by Crippen LogP contribution is 2.40. The van der Waals surface area contributed by atoms with E-state index >= 15 is 0 Å². The number of thioether (sulfide) groups is 1. The van der Waals surface area contributed by atoms with E-state index in [1.165, 1.54) is 16.0 Å². The van der Waals surface area contributed by atoms with Gasteiger partial charge < -0.3 is 0 Å². The zero-order valence-corrected chi connectivity index (χ0v) is 9.40. The standard InChI is InChI=1S/C13H14S/c1-10-8-9-14-12-7-5-4-6-11(12)13(10,2)3/h4-9H,1H2,2-3H3. The quantitative estimate of drug-likeness (QED) is 0.609. The Labute approximate surface area is 89.7 Å². The predicted molar refractivity (Wildman–Crippen MR) is 63.6 cm³/mol. The zero-order chi connectivity index (χ0) is 10.2. The number of fused-ring (bicyclic) bond motifs is 1. The van der Waals surface area contributed by atoms with Crippen LogP contribution in [0.5, 0.6) is 0 Å². The Bertz CT molecular complexity index is 399. The first-order chi connectivity index (χ1) is 6.62. The highest BCUT2D eigenvalue weighted by Gasteiger charge is 2.26. The molecule has 14 heavy (non-hydrogen) atoms. The van der Waals surface area contributed by atoms with Gasteiger partial charge in [0.05, 0.1) is 0 Å². The molecule has 1 aliphatic rings. The van der Waals surface area contributed by atoms with Crippen molar-refractivity contribution in [2.24, 2.45) is 0 Å². The Balaban J connectivity index is 2.63. The van der Waals surface area contributed by atoms with Crippen LogP contribution in [0.3, 0.4) is 0 Å². The van der Waals surface area contributed by atoms with Gasteiger partial charge in [-0.05, 0) is 22.6 Å². The second-order valence-corrected chi connectivity index (χ2v) is 5.01. The van der Waals surface area contributed by atoms with Gasteiger partial charge in [0.25, 0.3) is 0 Å². The van der Waals surface area contributed by atoms with Gasteiger partial charge in [0.1, 0.15) is 0 Å². The lowest BCUT2D eigenvalue weighted by atomic mass is 9.78. The molecule has 72 valence electrons. The number of hydrogen-bond donors (Lipinski definition) is 0. The first kappa shape index (κ1) is 9.60. The lowest BCUT2D eigenvalue weighted by Crippen LogP contribution is -2.18. The Morgan fingerprint density at radius 2 is 1.93 bits per heavy atom. The Hall–Kier alpha value is -0.950. The molecule has 0 atom stereocenters. The van der Waals surface area contributed by atoms with E-state index in [4.69, 9.17) is 0 Å². The lowest BCUT2D eigenvalue weighted by Gasteiger charge is -2.26. The summed E-state index contributed by atoms with van der Waals surface area (Å²) in [7, 11) is 0. The molecule has 0 aliphatic carbocycles. The molecular weight excluding hydrogens is 188 g/mol. The minimum Gasteiger partial charge on any atom is -0.0977 e. The minimum atomic E-state index is 0.0522. The number of rotatable bonds is 0. The van der Waals surface area contributed by atoms with Gasteiger partial charge in [-0.3, -0.25) is 0 Å². The van der Waals surface area contributed by atoms with Crippen LogP contribution in [0.4, 0.5) is 0 Å². The highest BCUT2D eigenvalue weighted by molar-refractivity contribution is 8.02. The fourth-order valence-corrected chi connectivity index (χ4v) is 2.64. The van der Waals surface area contributed by atoms with Gasteiger partial charge in [-0.2, -0.15) is 0 Å². The number of allylic oxidation sites excluding steroid dienone is 2. The topological polar surface area (TPSA) is 0 Å². The summed E-state index contributed by atoms with van der Waals surface area (Å²) < 4.78 is 0. The van der Waals surface area contributed by atoms with Gasteiger partial charge in [0.15, 0.2) is 0 Å². The van der Waals surface area contributed by atoms with Crippen molar-refractivity contribution in [1.29, 1.82) is 0 Å². The average Bonchev–Trinajstić information content (AvgIpc) is 2.27. The van der Waals surface area contributed by atoms with Crippen LogP contribution in [0.25, 0.3) is 0 Å². The fraction of sp³-hybridized carbons (Fsp3) is 0.231. The highest BCUT2D eigenvalue weighted by atomic mass is 32.2. The van der Waals surface area contributed by atoms with Crippen molar-refractivity contribution in [2.45, 2.75) is 24.2 Å². The molecule has 0 bridgehead atoms. The predicted octanol–water partition coefficient (Wildman–Crippen LogP) is 4.14. The molecule has 1 aromatic rings. The van der Waals surface area contributed by atoms with Crippen molar-refractivity contribution >= 4 is 11.8 Å². The van der Waals surface area contributed by atoms with Gasteiger partial charge >= 0.3 is 0 Å². The number of hydrogen-bond acceptors (Lipinski definition) is 1. The normalized spacial score (nSPS) is 18.9. The van der Waals surface area contributed by atoms with Crippen molar-refractivity contribution in [1.82, 2.24) is 0 Å². The molecule has 1 aromatic carbocycles. The fourth-order valence-electron chi connectivity index (χ4n) is 1.66. The molecule has 0 amide bonds. The van der Waals surface area contributed by atoms with Crippen LogP contribution in [0.2, 0.25) is 0 Å². The first-order valence-corrected chi connectivity index (χ1v) is 5.62. The van der Waals surface area contributed by atoms with E-state index in [2.05, 4.69) is 56.2 Å². The molecule has 1 heterocycles. The molecule has 1 aliphatic heterocycles. The van der Waals surface area contributed by atoms with E-state index in [9.17, 15) is 0 Å². The molecule has 0 fully saturated rings. The second kappa shape index (κ2) is 3.32. The third kappa shape index (κ3) is 1.42. The number of benzene rings is 1. The Morgan fingerprint density at radius 1 is 1.21 bits per heavy atom. The van der Waals surface area contributed by atoms with E-state index in [1.54, 1.807) is 11.8 Å². The summed E-state index contributed by atoms with van der Waals surface area (Å²) in [6.07, 6.45) is 2.12. The summed E-state index contributed by atoms with van der Waals surface area (Å²) in [4.78, 5) is 1.34. The van der Waals surface area contributed by atoms with Crippen LogP contribution in [0.1, 0.15) is 19.4 Å². The van der Waals surface area contributed by atoms with Gasteiger partial charge in [0.2, 0.25) is 0 Å². The first-order valence-electron chi connectivity index (χ1n) is 4.74. The lowest BCUT2D eigenvalue weighted by molar-refractivity contribution is 0.629. The molecule has 0 unspecified atom stereocenters. The van der Waals surface area contributed by atoms with Gasteiger partial charge in [0, 0.05) is 10.3 Å². The van der Waals surface area contributed by atoms with E-state index in [-0.39, 0.29) is 5.41 Å². The van der Waals surface area contributed by atoms with E-state index in [1.807, 2.05) is 0 Å². The Morgan fingerprint density at radius 3 is 2.71 bits per heavy atom. The molecule has 0 aromatic heterocycles. The summed E-state index contributed by atoms with van der Waals surface area (Å²) in [6, 6.07) is 8.55. The molecule has 0 nitrogen and oxygen atoms in total. The average molecular weight is 202 g/mol. The smallest absolute Gasteiger partial charge is 0.0157 e. The largest absolute Gasteiger partial charge is 0.0977 e. The van der Waals surface area contributed by atoms with Crippen molar-refractivity contribution in [3.8, 4) is 0 Å². The molecule has 0 saturated heterocycles. The summed E-state index contributed by atoms with van der Waals surface area (Å²) in [5.41, 5.74) is 2.60. The van der Waals surface area contributed by atoms with Crippen molar-refractivity contribution in [3.63, 3.8) is 0 Å². The summed E-state index contributed by atoms with van der Waals surface area (Å²) in [6.45, 7) is 8.58. The Kier molecular flexibility index (Phi) is 2.28. The van der Waals surface area contributed by atoms with Gasteiger partial charge in [-0.15, -0.1) is 0 Å².